The van der Waals surface area contributed by atoms with Gasteiger partial charge >= 0.3 is 0 Å². The van der Waals surface area contributed by atoms with Gasteiger partial charge in [-0.15, -0.1) is 0 Å². The number of rotatable bonds is 5. The predicted molar refractivity (Wildman–Crippen MR) is 114 cm³/mol. The molecule has 7 heteroatoms. The summed E-state index contributed by atoms with van der Waals surface area (Å²) in [5.74, 6) is -0.0354. The number of nitrogens with one attached hydrogen (secondary N) is 1. The van der Waals surface area contributed by atoms with Gasteiger partial charge in [-0.1, -0.05) is 57.3 Å². The SMILES string of the molecule is O=C(N/N=C/c1ccc(Cl)c(Cl)c1)C1CCN(Cc2ccc(Br)cc2)CC1. The Kier molecular flexibility index (Phi) is 7.30. The first-order valence-electron chi connectivity index (χ1n) is 8.76. The van der Waals surface area contributed by atoms with Crippen LogP contribution < -0.4 is 5.43 Å². The van der Waals surface area contributed by atoms with Crippen molar-refractivity contribution in [2.75, 3.05) is 13.1 Å². The van der Waals surface area contributed by atoms with Crippen molar-refractivity contribution in [3.63, 3.8) is 0 Å². The fourth-order valence-corrected chi connectivity index (χ4v) is 3.63. The molecule has 3 rings (SSSR count). The van der Waals surface area contributed by atoms with Gasteiger partial charge in [-0.2, -0.15) is 5.10 Å². The molecule has 1 fully saturated rings. The summed E-state index contributed by atoms with van der Waals surface area (Å²) in [6.45, 7) is 2.73. The monoisotopic (exact) mass is 467 g/mol. The number of hydrogen-bond acceptors (Lipinski definition) is 3. The molecule has 1 heterocycles. The van der Waals surface area contributed by atoms with Crippen LogP contribution in [0, 0.1) is 5.92 Å². The minimum absolute atomic E-state index is 0.00266. The van der Waals surface area contributed by atoms with Crippen molar-refractivity contribution in [2.45, 2.75) is 19.4 Å². The number of amides is 1. The van der Waals surface area contributed by atoms with Crippen molar-refractivity contribution in [1.29, 1.82) is 0 Å². The molecule has 0 atom stereocenters. The van der Waals surface area contributed by atoms with Crippen LogP contribution in [0.1, 0.15) is 24.0 Å². The lowest BCUT2D eigenvalue weighted by atomic mass is 9.96. The summed E-state index contributed by atoms with van der Waals surface area (Å²) in [6.07, 6.45) is 3.25. The van der Waals surface area contributed by atoms with Gasteiger partial charge in [-0.05, 0) is 61.3 Å². The first kappa shape index (κ1) is 20.3. The minimum Gasteiger partial charge on any atom is -0.299 e. The van der Waals surface area contributed by atoms with Gasteiger partial charge in [0.05, 0.1) is 16.3 Å². The largest absolute Gasteiger partial charge is 0.299 e. The smallest absolute Gasteiger partial charge is 0.243 e. The lowest BCUT2D eigenvalue weighted by Gasteiger charge is -2.30. The second kappa shape index (κ2) is 9.69. The van der Waals surface area contributed by atoms with Gasteiger partial charge in [0.15, 0.2) is 0 Å². The summed E-state index contributed by atoms with van der Waals surface area (Å²) in [7, 11) is 0. The van der Waals surface area contributed by atoms with Gasteiger partial charge in [0.2, 0.25) is 5.91 Å². The van der Waals surface area contributed by atoms with Crippen LogP contribution in [-0.4, -0.2) is 30.1 Å². The summed E-state index contributed by atoms with van der Waals surface area (Å²) < 4.78 is 1.09. The number of hydrogen-bond donors (Lipinski definition) is 1. The standard InChI is InChI=1S/C20H20BrCl2N3O/c21-17-4-1-14(2-5-17)13-26-9-7-16(8-10-26)20(27)25-24-12-15-3-6-18(22)19(23)11-15/h1-6,11-12,16H,7-10,13H2,(H,25,27)/b24-12+. The summed E-state index contributed by atoms with van der Waals surface area (Å²) in [5, 5.41) is 4.99. The molecule has 27 heavy (non-hydrogen) atoms. The van der Waals surface area contributed by atoms with E-state index in [1.807, 2.05) is 0 Å². The maximum Gasteiger partial charge on any atom is 0.243 e. The molecule has 1 aliphatic heterocycles. The molecule has 4 nitrogen and oxygen atoms in total. The molecular weight excluding hydrogens is 449 g/mol. The van der Waals surface area contributed by atoms with E-state index in [0.29, 0.717) is 10.0 Å². The first-order chi connectivity index (χ1) is 13.0. The summed E-state index contributed by atoms with van der Waals surface area (Å²) in [4.78, 5) is 14.7. The van der Waals surface area contributed by atoms with Gasteiger partial charge in [-0.3, -0.25) is 9.69 Å². The third kappa shape index (κ3) is 6.04. The number of benzene rings is 2. The Bertz CT molecular complexity index is 818. The fraction of sp³-hybridized carbons (Fsp3) is 0.300. The molecule has 2 aromatic rings. The van der Waals surface area contributed by atoms with Gasteiger partial charge in [0.25, 0.3) is 0 Å². The van der Waals surface area contributed by atoms with E-state index in [1.54, 1.807) is 24.4 Å². The molecule has 0 radical (unpaired) electrons. The van der Waals surface area contributed by atoms with Crippen molar-refractivity contribution in [1.82, 2.24) is 10.3 Å². The average Bonchev–Trinajstić information content (AvgIpc) is 2.67. The van der Waals surface area contributed by atoms with Crippen LogP contribution in [0.4, 0.5) is 0 Å². The Morgan fingerprint density at radius 2 is 1.85 bits per heavy atom. The maximum absolute atomic E-state index is 12.3. The van der Waals surface area contributed by atoms with Crippen LogP contribution in [0.25, 0.3) is 0 Å². The van der Waals surface area contributed by atoms with Crippen LogP contribution >= 0.6 is 39.1 Å². The molecule has 1 N–H and O–H groups in total. The van der Waals surface area contributed by atoms with E-state index in [4.69, 9.17) is 23.2 Å². The van der Waals surface area contributed by atoms with Crippen LogP contribution in [0.5, 0.6) is 0 Å². The molecule has 1 aliphatic rings. The second-order valence-corrected chi connectivity index (χ2v) is 8.31. The zero-order valence-electron chi connectivity index (χ0n) is 14.7. The van der Waals surface area contributed by atoms with E-state index in [0.717, 1.165) is 42.5 Å². The normalized spacial score (nSPS) is 16.0. The molecular formula is C20H20BrCl2N3O. The van der Waals surface area contributed by atoms with Crippen LogP contribution in [-0.2, 0) is 11.3 Å². The molecule has 1 amide bonds. The van der Waals surface area contributed by atoms with Crippen molar-refractivity contribution >= 4 is 51.3 Å². The Balaban J connectivity index is 1.44. The Morgan fingerprint density at radius 3 is 2.52 bits per heavy atom. The zero-order valence-corrected chi connectivity index (χ0v) is 17.8. The van der Waals surface area contributed by atoms with Crippen molar-refractivity contribution < 1.29 is 4.79 Å². The molecule has 0 unspecified atom stereocenters. The quantitative estimate of drug-likeness (QED) is 0.489. The van der Waals surface area contributed by atoms with Crippen LogP contribution in [0.3, 0.4) is 0 Å². The summed E-state index contributed by atoms with van der Waals surface area (Å²) >= 11 is 15.3. The van der Waals surface area contributed by atoms with Crippen molar-refractivity contribution in [3.05, 3.63) is 68.1 Å². The number of hydrazone groups is 1. The lowest BCUT2D eigenvalue weighted by molar-refractivity contribution is -0.126. The molecule has 0 aliphatic carbocycles. The molecule has 2 aromatic carbocycles. The van der Waals surface area contributed by atoms with Gasteiger partial charge in [0, 0.05) is 16.9 Å². The van der Waals surface area contributed by atoms with E-state index in [-0.39, 0.29) is 11.8 Å². The Labute approximate surface area is 177 Å². The highest BCUT2D eigenvalue weighted by molar-refractivity contribution is 9.10. The molecule has 1 saturated heterocycles. The summed E-state index contributed by atoms with van der Waals surface area (Å²) in [5.41, 5.74) is 4.71. The van der Waals surface area contributed by atoms with Gasteiger partial charge in [0.1, 0.15) is 0 Å². The highest BCUT2D eigenvalue weighted by atomic mass is 79.9. The highest BCUT2D eigenvalue weighted by Crippen LogP contribution is 2.22. The van der Waals surface area contributed by atoms with Gasteiger partial charge in [-0.25, -0.2) is 5.43 Å². The molecule has 0 spiro atoms. The zero-order chi connectivity index (χ0) is 19.2. The third-order valence-corrected chi connectivity index (χ3v) is 5.88. The predicted octanol–water partition coefficient (Wildman–Crippen LogP) is 5.12. The van der Waals surface area contributed by atoms with Crippen molar-refractivity contribution in [3.8, 4) is 0 Å². The van der Waals surface area contributed by atoms with E-state index in [1.165, 1.54) is 5.56 Å². The second-order valence-electron chi connectivity index (χ2n) is 6.58. The molecule has 0 saturated carbocycles. The first-order valence-corrected chi connectivity index (χ1v) is 10.3. The van der Waals surface area contributed by atoms with Crippen LogP contribution in [0.15, 0.2) is 52.0 Å². The third-order valence-electron chi connectivity index (χ3n) is 4.61. The Morgan fingerprint density at radius 1 is 1.15 bits per heavy atom. The molecule has 0 aromatic heterocycles. The number of likely N-dealkylation sites (tertiary alicyclic amines) is 1. The fourth-order valence-electron chi connectivity index (χ4n) is 3.06. The van der Waals surface area contributed by atoms with E-state index in [2.05, 4.69) is 55.6 Å². The number of halogens is 3. The number of piperidine rings is 1. The summed E-state index contributed by atoms with van der Waals surface area (Å²) in [6, 6.07) is 13.6. The highest BCUT2D eigenvalue weighted by Gasteiger charge is 2.24. The minimum atomic E-state index is -0.0328. The average molecular weight is 469 g/mol. The Hall–Kier alpha value is -1.40. The topological polar surface area (TPSA) is 44.7 Å². The lowest BCUT2D eigenvalue weighted by Crippen LogP contribution is -2.39. The number of nitrogens with zero attached hydrogens (tertiary/aromatic N) is 2. The molecule has 0 bridgehead atoms. The number of carbonyl (C=O) groups excluding carboxylic acids is 1. The van der Waals surface area contributed by atoms with E-state index >= 15 is 0 Å². The van der Waals surface area contributed by atoms with E-state index < -0.39 is 0 Å². The van der Waals surface area contributed by atoms with Gasteiger partial charge < -0.3 is 0 Å². The van der Waals surface area contributed by atoms with Crippen LogP contribution in [0.2, 0.25) is 10.0 Å². The number of carbonyl (C=O) groups is 1. The van der Waals surface area contributed by atoms with E-state index in [9.17, 15) is 4.79 Å². The molecule has 142 valence electrons. The van der Waals surface area contributed by atoms with Crippen molar-refractivity contribution in [2.24, 2.45) is 11.0 Å². The maximum atomic E-state index is 12.3.